The molecule has 3 aliphatic carbocycles. The van der Waals surface area contributed by atoms with Gasteiger partial charge in [-0.3, -0.25) is 4.79 Å². The molecule has 0 aliphatic heterocycles. The third-order valence-electron chi connectivity index (χ3n) is 10.6. The van der Waals surface area contributed by atoms with E-state index in [4.69, 9.17) is 0 Å². The number of carbonyl (C=O) groups is 2. The Morgan fingerprint density at radius 1 is 1.02 bits per heavy atom. The Morgan fingerprint density at radius 3 is 2.41 bits per heavy atom. The van der Waals surface area contributed by atoms with E-state index in [1.165, 1.54) is 42.0 Å². The van der Waals surface area contributed by atoms with Crippen LogP contribution in [-0.2, 0) is 16.4 Å². The predicted octanol–water partition coefficient (Wildman–Crippen LogP) is 6.67. The number of halogens is 1. The lowest BCUT2D eigenvalue weighted by molar-refractivity contribution is -0.0271. The third kappa shape index (κ3) is 6.48. The molecule has 7 nitrogen and oxygen atoms in total. The zero-order valence-corrected chi connectivity index (χ0v) is 26.7. The van der Waals surface area contributed by atoms with Gasteiger partial charge >= 0.3 is 6.03 Å². The van der Waals surface area contributed by atoms with Crippen LogP contribution in [0.15, 0.2) is 77.7 Å². The molecule has 3 aliphatic rings. The molecule has 2 fully saturated rings. The fourth-order valence-electron chi connectivity index (χ4n) is 8.08. The first-order valence-corrected chi connectivity index (χ1v) is 17.1. The summed E-state index contributed by atoms with van der Waals surface area (Å²) in [6, 6.07) is 10.8. The monoisotopic (exact) mass is 621 g/mol. The number of sulfonamides is 1. The molecule has 5 rings (SSSR count). The number of allylic oxidation sites excluding steroid dienone is 3. The first-order chi connectivity index (χ1) is 20.8. The normalized spacial score (nSPS) is 29.8. The van der Waals surface area contributed by atoms with Crippen LogP contribution in [0.1, 0.15) is 81.6 Å². The number of fused-ring (bicyclic) bond motifs is 3. The van der Waals surface area contributed by atoms with Crippen LogP contribution >= 0.6 is 0 Å². The van der Waals surface area contributed by atoms with Crippen molar-refractivity contribution in [3.63, 3.8) is 0 Å². The van der Waals surface area contributed by atoms with Crippen molar-refractivity contribution in [3.05, 3.63) is 89.8 Å². The maximum absolute atomic E-state index is 13.2. The van der Waals surface area contributed by atoms with E-state index in [2.05, 4.69) is 54.9 Å². The van der Waals surface area contributed by atoms with Gasteiger partial charge in [-0.2, -0.15) is 0 Å². The molecule has 2 aromatic rings. The van der Waals surface area contributed by atoms with Gasteiger partial charge in [-0.15, -0.1) is 6.58 Å². The lowest BCUT2D eigenvalue weighted by atomic mass is 9.47. The zero-order chi connectivity index (χ0) is 31.8. The van der Waals surface area contributed by atoms with E-state index in [0.29, 0.717) is 24.4 Å². The second-order valence-corrected chi connectivity index (χ2v) is 15.4. The number of benzene rings is 2. The number of carbonyl (C=O) groups excluding carboxylic acids is 2. The molecule has 0 unspecified atom stereocenters. The zero-order valence-electron chi connectivity index (χ0n) is 25.9. The van der Waals surface area contributed by atoms with E-state index in [1.807, 2.05) is 0 Å². The largest absolute Gasteiger partial charge is 0.352 e. The Bertz CT molecular complexity index is 1560. The summed E-state index contributed by atoms with van der Waals surface area (Å²) in [5, 5.41) is 5.87. The van der Waals surface area contributed by atoms with Crippen molar-refractivity contribution in [2.75, 3.05) is 6.54 Å². The van der Waals surface area contributed by atoms with E-state index in [-0.39, 0.29) is 27.6 Å². The van der Waals surface area contributed by atoms with Crippen LogP contribution in [0.3, 0.4) is 0 Å². The van der Waals surface area contributed by atoms with Crippen molar-refractivity contribution >= 4 is 22.0 Å². The van der Waals surface area contributed by atoms with Crippen molar-refractivity contribution in [2.24, 2.45) is 22.7 Å². The molecule has 0 saturated heterocycles. The number of rotatable bonds is 8. The standard InChI is InChI=1S/C35H44FN3O4S/c1-5-33(2)21-17-29-26(23-33)11-16-30-34(29,3)19-6-20-35(30,4)38-32(41)39-44(42,43)28-14-7-24(8-15-28)18-22-37-31(40)25-9-12-27(36)13-10-25/h5,7-15,29-30H,1,6,16-23H2,2-4H3,(H,37,40)(H2,38,39,41)/t29-,30+,33-,34+,35+/m0/s1. The van der Waals surface area contributed by atoms with Crippen LogP contribution in [0.5, 0.6) is 0 Å². The van der Waals surface area contributed by atoms with Gasteiger partial charge in [0.2, 0.25) is 0 Å². The SMILES string of the molecule is C=C[C@@]1(C)CC[C@H]2C(=CC[C@@H]3[C@]2(C)CCC[C@@]3(C)NC(=O)NS(=O)(=O)c2ccc(CCNC(=O)c3ccc(F)cc3)cc2)C1. The van der Waals surface area contributed by atoms with Crippen molar-refractivity contribution in [2.45, 2.75) is 82.6 Å². The van der Waals surface area contributed by atoms with Gasteiger partial charge in [0.1, 0.15) is 5.82 Å². The fourth-order valence-corrected chi connectivity index (χ4v) is 8.99. The average molecular weight is 622 g/mol. The van der Waals surface area contributed by atoms with Crippen LogP contribution < -0.4 is 15.4 Å². The van der Waals surface area contributed by atoms with Crippen molar-refractivity contribution < 1.29 is 22.4 Å². The summed E-state index contributed by atoms with van der Waals surface area (Å²) in [5.41, 5.74) is 2.35. The Labute approximate surface area is 260 Å². The van der Waals surface area contributed by atoms with Crippen LogP contribution in [0.25, 0.3) is 0 Å². The number of amides is 3. The third-order valence-corrected chi connectivity index (χ3v) is 12.0. The van der Waals surface area contributed by atoms with Gasteiger partial charge in [0.25, 0.3) is 15.9 Å². The quantitative estimate of drug-likeness (QED) is 0.286. The highest BCUT2D eigenvalue weighted by molar-refractivity contribution is 7.90. The highest BCUT2D eigenvalue weighted by atomic mass is 32.2. The number of hydrogen-bond acceptors (Lipinski definition) is 4. The van der Waals surface area contributed by atoms with E-state index >= 15 is 0 Å². The molecule has 0 heterocycles. The maximum atomic E-state index is 13.2. The second kappa shape index (κ2) is 12.1. The molecule has 2 aromatic carbocycles. The van der Waals surface area contributed by atoms with Gasteiger partial charge in [-0.25, -0.2) is 22.3 Å². The Morgan fingerprint density at radius 2 is 1.73 bits per heavy atom. The van der Waals surface area contributed by atoms with Gasteiger partial charge < -0.3 is 10.6 Å². The fraction of sp³-hybridized carbons (Fsp3) is 0.486. The van der Waals surface area contributed by atoms with Crippen molar-refractivity contribution in [1.82, 2.24) is 15.4 Å². The lowest BCUT2D eigenvalue weighted by Crippen LogP contribution is -2.63. The van der Waals surface area contributed by atoms with E-state index in [0.717, 1.165) is 50.5 Å². The Hall–Kier alpha value is -3.46. The summed E-state index contributed by atoms with van der Waals surface area (Å²) in [5.74, 6) is -0.0456. The topological polar surface area (TPSA) is 104 Å². The minimum absolute atomic E-state index is 0.0110. The van der Waals surface area contributed by atoms with Crippen molar-refractivity contribution in [3.8, 4) is 0 Å². The maximum Gasteiger partial charge on any atom is 0.329 e. The summed E-state index contributed by atoms with van der Waals surface area (Å²) in [4.78, 5) is 25.4. The molecule has 9 heteroatoms. The van der Waals surface area contributed by atoms with Gasteiger partial charge in [0.05, 0.1) is 4.90 Å². The molecule has 0 bridgehead atoms. The first-order valence-electron chi connectivity index (χ1n) is 15.6. The van der Waals surface area contributed by atoms with Gasteiger partial charge in [-0.05, 0) is 116 Å². The molecular weight excluding hydrogens is 577 g/mol. The molecule has 3 N–H and O–H groups in total. The number of hydrogen-bond donors (Lipinski definition) is 3. The molecule has 0 radical (unpaired) electrons. The van der Waals surface area contributed by atoms with Crippen LogP contribution in [0, 0.1) is 28.5 Å². The highest BCUT2D eigenvalue weighted by Crippen LogP contribution is 2.61. The number of urea groups is 1. The number of nitrogens with one attached hydrogen (secondary N) is 3. The second-order valence-electron chi connectivity index (χ2n) is 13.7. The van der Waals surface area contributed by atoms with E-state index in [9.17, 15) is 22.4 Å². The summed E-state index contributed by atoms with van der Waals surface area (Å²) in [6.07, 6.45) is 11.9. The molecule has 2 saturated carbocycles. The Kier molecular flexibility index (Phi) is 8.82. The summed E-state index contributed by atoms with van der Waals surface area (Å²) < 4.78 is 41.6. The van der Waals surface area contributed by atoms with Crippen LogP contribution in [-0.4, -0.2) is 32.4 Å². The average Bonchev–Trinajstić information content (AvgIpc) is 2.97. The molecule has 5 atom stereocenters. The van der Waals surface area contributed by atoms with Gasteiger partial charge in [0, 0.05) is 17.6 Å². The van der Waals surface area contributed by atoms with E-state index < -0.39 is 27.4 Å². The Balaban J connectivity index is 1.19. The minimum Gasteiger partial charge on any atom is -0.352 e. The van der Waals surface area contributed by atoms with E-state index in [1.54, 1.807) is 12.1 Å². The van der Waals surface area contributed by atoms with Crippen LogP contribution in [0.2, 0.25) is 0 Å². The smallest absolute Gasteiger partial charge is 0.329 e. The minimum atomic E-state index is -4.09. The molecule has 236 valence electrons. The summed E-state index contributed by atoms with van der Waals surface area (Å²) in [6.45, 7) is 11.1. The molecule has 0 spiro atoms. The summed E-state index contributed by atoms with van der Waals surface area (Å²) >= 11 is 0. The predicted molar refractivity (Wildman–Crippen MR) is 170 cm³/mol. The van der Waals surface area contributed by atoms with Gasteiger partial charge in [-0.1, -0.05) is 50.1 Å². The lowest BCUT2D eigenvalue weighted by Gasteiger charge is -2.59. The van der Waals surface area contributed by atoms with Gasteiger partial charge in [0.15, 0.2) is 0 Å². The van der Waals surface area contributed by atoms with Crippen molar-refractivity contribution in [1.29, 1.82) is 0 Å². The highest BCUT2D eigenvalue weighted by Gasteiger charge is 2.56. The van der Waals surface area contributed by atoms with Crippen LogP contribution in [0.4, 0.5) is 9.18 Å². The summed E-state index contributed by atoms with van der Waals surface area (Å²) in [7, 11) is -4.09. The molecular formula is C35H44FN3O4S. The molecule has 3 amide bonds. The first kappa shape index (κ1) is 31.9. The molecule has 44 heavy (non-hydrogen) atoms. The molecule has 0 aromatic heterocycles.